The van der Waals surface area contributed by atoms with Crippen molar-refractivity contribution < 1.29 is 19.4 Å². The largest absolute Gasteiger partial charge is 0.508 e. The van der Waals surface area contributed by atoms with E-state index in [9.17, 15) is 14.7 Å². The van der Waals surface area contributed by atoms with Gasteiger partial charge in [-0.05, 0) is 49.4 Å². The van der Waals surface area contributed by atoms with E-state index in [1.165, 1.54) is 37.3 Å². The van der Waals surface area contributed by atoms with Crippen LogP contribution in [0.2, 0.25) is 10.0 Å². The number of phenolic OH excluding ortho intramolecular Hbond substituents is 1. The van der Waals surface area contributed by atoms with E-state index >= 15 is 0 Å². The van der Waals surface area contributed by atoms with E-state index in [2.05, 4.69) is 5.32 Å². The van der Waals surface area contributed by atoms with Gasteiger partial charge in [-0.3, -0.25) is 4.79 Å². The highest BCUT2D eigenvalue weighted by atomic mass is 35.5. The van der Waals surface area contributed by atoms with Crippen LogP contribution in [0, 0.1) is 0 Å². The molecule has 0 aliphatic heterocycles. The number of amides is 1. The van der Waals surface area contributed by atoms with Crippen molar-refractivity contribution in [3.05, 3.63) is 58.1 Å². The molecule has 23 heavy (non-hydrogen) atoms. The normalized spacial score (nSPS) is 11.6. The minimum Gasteiger partial charge on any atom is -0.508 e. The Morgan fingerprint density at radius 1 is 1.09 bits per heavy atom. The predicted octanol–water partition coefficient (Wildman–Crippen LogP) is 3.88. The molecule has 1 atom stereocenters. The molecule has 5 nitrogen and oxygen atoms in total. The maximum Gasteiger partial charge on any atom is 0.338 e. The Balaban J connectivity index is 1.97. The molecule has 2 aromatic carbocycles. The molecule has 0 aliphatic carbocycles. The van der Waals surface area contributed by atoms with Crippen LogP contribution in [0.1, 0.15) is 17.3 Å². The molecule has 0 spiro atoms. The summed E-state index contributed by atoms with van der Waals surface area (Å²) in [5.74, 6) is -1.13. The Labute approximate surface area is 142 Å². The Morgan fingerprint density at radius 3 is 2.35 bits per heavy atom. The molecule has 1 unspecified atom stereocenters. The quantitative estimate of drug-likeness (QED) is 0.817. The highest BCUT2D eigenvalue weighted by Gasteiger charge is 2.19. The fourth-order valence-electron chi connectivity index (χ4n) is 1.70. The molecular formula is C16H13Cl2NO4. The lowest BCUT2D eigenvalue weighted by molar-refractivity contribution is -0.123. The summed E-state index contributed by atoms with van der Waals surface area (Å²) in [6.07, 6.45) is -1.01. The maximum atomic E-state index is 12.0. The van der Waals surface area contributed by atoms with Gasteiger partial charge in [0.25, 0.3) is 5.91 Å². The second-order valence-corrected chi connectivity index (χ2v) is 5.53. The van der Waals surface area contributed by atoms with Gasteiger partial charge in [0.1, 0.15) is 5.75 Å². The third-order valence-corrected chi connectivity index (χ3v) is 3.68. The lowest BCUT2D eigenvalue weighted by Gasteiger charge is -2.14. The van der Waals surface area contributed by atoms with E-state index in [4.69, 9.17) is 27.9 Å². The molecular weight excluding hydrogens is 341 g/mol. The van der Waals surface area contributed by atoms with Gasteiger partial charge < -0.3 is 15.2 Å². The number of rotatable bonds is 4. The lowest BCUT2D eigenvalue weighted by atomic mass is 10.2. The maximum absolute atomic E-state index is 12.0. The van der Waals surface area contributed by atoms with Crippen molar-refractivity contribution in [3.8, 4) is 5.75 Å². The lowest BCUT2D eigenvalue weighted by Crippen LogP contribution is -2.30. The summed E-state index contributed by atoms with van der Waals surface area (Å²) >= 11 is 11.7. The Kier molecular flexibility index (Phi) is 5.47. The van der Waals surface area contributed by atoms with Crippen LogP contribution in [0.25, 0.3) is 0 Å². The fraction of sp³-hybridized carbons (Fsp3) is 0.125. The molecule has 0 saturated heterocycles. The van der Waals surface area contributed by atoms with Crippen LogP contribution in [0.5, 0.6) is 5.75 Å². The van der Waals surface area contributed by atoms with Crippen molar-refractivity contribution in [1.82, 2.24) is 0 Å². The van der Waals surface area contributed by atoms with Gasteiger partial charge in [-0.1, -0.05) is 23.2 Å². The zero-order chi connectivity index (χ0) is 17.0. The topological polar surface area (TPSA) is 75.6 Å². The first-order chi connectivity index (χ1) is 10.9. The molecule has 2 aromatic rings. The van der Waals surface area contributed by atoms with Gasteiger partial charge in [-0.2, -0.15) is 0 Å². The summed E-state index contributed by atoms with van der Waals surface area (Å²) < 4.78 is 5.07. The summed E-state index contributed by atoms with van der Waals surface area (Å²) in [5.41, 5.74) is 0.675. The van der Waals surface area contributed by atoms with Gasteiger partial charge in [0, 0.05) is 5.69 Å². The molecule has 0 fully saturated rings. The van der Waals surface area contributed by atoms with Crippen molar-refractivity contribution in [2.24, 2.45) is 0 Å². The van der Waals surface area contributed by atoms with E-state index in [0.717, 1.165) is 0 Å². The van der Waals surface area contributed by atoms with Crippen LogP contribution in [-0.2, 0) is 9.53 Å². The van der Waals surface area contributed by atoms with Crippen LogP contribution in [0.3, 0.4) is 0 Å². The summed E-state index contributed by atoms with van der Waals surface area (Å²) in [6.45, 7) is 1.45. The number of aromatic hydroxyl groups is 1. The second-order valence-electron chi connectivity index (χ2n) is 4.71. The number of hydrogen-bond acceptors (Lipinski definition) is 4. The first kappa shape index (κ1) is 17.1. The van der Waals surface area contributed by atoms with Crippen molar-refractivity contribution in [2.75, 3.05) is 5.32 Å². The van der Waals surface area contributed by atoms with E-state index < -0.39 is 18.0 Å². The van der Waals surface area contributed by atoms with Crippen molar-refractivity contribution in [2.45, 2.75) is 13.0 Å². The zero-order valence-electron chi connectivity index (χ0n) is 12.0. The van der Waals surface area contributed by atoms with Gasteiger partial charge in [0.05, 0.1) is 15.6 Å². The number of carbonyl (C=O) groups excluding carboxylic acids is 2. The highest BCUT2D eigenvalue weighted by Crippen LogP contribution is 2.25. The number of carbonyl (C=O) groups is 2. The Hall–Kier alpha value is -2.24. The van der Waals surface area contributed by atoms with Crippen molar-refractivity contribution >= 4 is 40.8 Å². The molecule has 0 aromatic heterocycles. The van der Waals surface area contributed by atoms with E-state index in [-0.39, 0.29) is 11.3 Å². The number of ether oxygens (including phenoxy) is 1. The van der Waals surface area contributed by atoms with Gasteiger partial charge in [0.2, 0.25) is 0 Å². The molecule has 2 rings (SSSR count). The smallest absolute Gasteiger partial charge is 0.338 e. The van der Waals surface area contributed by atoms with Crippen LogP contribution in [0.15, 0.2) is 42.5 Å². The van der Waals surface area contributed by atoms with Crippen LogP contribution >= 0.6 is 23.2 Å². The molecule has 0 radical (unpaired) electrons. The van der Waals surface area contributed by atoms with Crippen molar-refractivity contribution in [3.63, 3.8) is 0 Å². The monoisotopic (exact) mass is 353 g/mol. The fourth-order valence-corrected chi connectivity index (χ4v) is 2.00. The van der Waals surface area contributed by atoms with Gasteiger partial charge >= 0.3 is 5.97 Å². The molecule has 1 amide bonds. The minimum absolute atomic E-state index is 0.0342. The number of esters is 1. The summed E-state index contributed by atoms with van der Waals surface area (Å²) in [5, 5.41) is 12.4. The average Bonchev–Trinajstić information content (AvgIpc) is 2.51. The first-order valence-corrected chi connectivity index (χ1v) is 7.38. The third-order valence-electron chi connectivity index (χ3n) is 2.94. The minimum atomic E-state index is -1.01. The van der Waals surface area contributed by atoms with E-state index in [1.54, 1.807) is 12.1 Å². The second kappa shape index (κ2) is 7.35. The molecule has 7 heteroatoms. The predicted molar refractivity (Wildman–Crippen MR) is 88.1 cm³/mol. The summed E-state index contributed by atoms with van der Waals surface area (Å²) in [4.78, 5) is 23.9. The molecule has 0 aliphatic rings. The number of hydrogen-bond donors (Lipinski definition) is 2. The van der Waals surface area contributed by atoms with Crippen LogP contribution in [-0.4, -0.2) is 23.1 Å². The number of anilines is 1. The Morgan fingerprint density at radius 2 is 1.74 bits per heavy atom. The Bertz CT molecular complexity index is 731. The zero-order valence-corrected chi connectivity index (χ0v) is 13.6. The first-order valence-electron chi connectivity index (χ1n) is 6.63. The highest BCUT2D eigenvalue weighted by molar-refractivity contribution is 6.42. The van der Waals surface area contributed by atoms with E-state index in [0.29, 0.717) is 15.7 Å². The standard InChI is InChI=1S/C16H13Cl2NO4/c1-9(23-16(22)10-2-5-12(20)6-3-10)15(21)19-11-4-7-13(17)14(18)8-11/h2-9,20H,1H3,(H,19,21). The van der Waals surface area contributed by atoms with Crippen molar-refractivity contribution in [1.29, 1.82) is 0 Å². The van der Waals surface area contributed by atoms with Gasteiger partial charge in [0.15, 0.2) is 6.10 Å². The number of halogens is 2. The number of phenols is 1. The summed E-state index contributed by atoms with van der Waals surface area (Å²) in [6, 6.07) is 10.2. The molecule has 0 bridgehead atoms. The number of benzene rings is 2. The van der Waals surface area contributed by atoms with Gasteiger partial charge in [-0.15, -0.1) is 0 Å². The molecule has 2 N–H and O–H groups in total. The molecule has 0 saturated carbocycles. The van der Waals surface area contributed by atoms with E-state index in [1.807, 2.05) is 0 Å². The SMILES string of the molecule is CC(OC(=O)c1ccc(O)cc1)C(=O)Nc1ccc(Cl)c(Cl)c1. The third kappa shape index (κ3) is 4.61. The molecule has 120 valence electrons. The van der Waals surface area contributed by atoms with Crippen LogP contribution in [0.4, 0.5) is 5.69 Å². The number of nitrogens with one attached hydrogen (secondary N) is 1. The van der Waals surface area contributed by atoms with Gasteiger partial charge in [-0.25, -0.2) is 4.79 Å². The summed E-state index contributed by atoms with van der Waals surface area (Å²) in [7, 11) is 0. The average molecular weight is 354 g/mol. The van der Waals surface area contributed by atoms with Crippen LogP contribution < -0.4 is 5.32 Å². The molecule has 0 heterocycles.